The maximum atomic E-state index is 13.9. The number of nitriles is 1. The molecule has 126 valence electrons. The Morgan fingerprint density at radius 3 is 2.65 bits per heavy atom. The number of nitrogens with zero attached hydrogens (tertiary/aromatic N) is 2. The fourth-order valence-corrected chi connectivity index (χ4v) is 3.41. The van der Waals surface area contributed by atoms with Gasteiger partial charge in [0.1, 0.15) is 5.82 Å². The number of aromatic nitrogens is 1. The minimum absolute atomic E-state index is 0.354. The lowest BCUT2D eigenvalue weighted by Crippen LogP contribution is -2.11. The minimum atomic E-state index is -0.523. The summed E-state index contributed by atoms with van der Waals surface area (Å²) >= 11 is 0. The Morgan fingerprint density at radius 2 is 1.88 bits per heavy atom. The van der Waals surface area contributed by atoms with Gasteiger partial charge in [-0.2, -0.15) is 5.26 Å². The first-order chi connectivity index (χ1) is 12.6. The topological polar surface area (TPSA) is 71.8 Å². The Bertz CT molecular complexity index is 1220. The second-order valence-electron chi connectivity index (χ2n) is 6.12. The van der Waals surface area contributed by atoms with Crippen LogP contribution in [-0.4, -0.2) is 10.5 Å². The molecule has 4 nitrogen and oxygen atoms in total. The lowest BCUT2D eigenvalue weighted by atomic mass is 10.1. The second-order valence-corrected chi connectivity index (χ2v) is 6.12. The van der Waals surface area contributed by atoms with E-state index in [9.17, 15) is 9.18 Å². The lowest BCUT2D eigenvalue weighted by Gasteiger charge is -2.08. The molecule has 1 aromatic heterocycles. The molecule has 0 atom stereocenters. The van der Waals surface area contributed by atoms with E-state index in [0.29, 0.717) is 28.6 Å². The van der Waals surface area contributed by atoms with E-state index in [-0.39, 0.29) is 5.82 Å². The zero-order chi connectivity index (χ0) is 18.3. The number of rotatable bonds is 3. The Morgan fingerprint density at radius 1 is 1.08 bits per heavy atom. The third-order valence-electron chi connectivity index (χ3n) is 4.52. The SMILES string of the molecule is N#Cc1cccc(Cn2c3cc(F)ccc3c3c(C(N)=O)cccc32)c1. The minimum Gasteiger partial charge on any atom is -0.366 e. The predicted molar refractivity (Wildman–Crippen MR) is 98.2 cm³/mol. The van der Waals surface area contributed by atoms with Gasteiger partial charge in [0.15, 0.2) is 0 Å². The van der Waals surface area contributed by atoms with Crippen molar-refractivity contribution in [2.45, 2.75) is 6.54 Å². The lowest BCUT2D eigenvalue weighted by molar-refractivity contribution is 0.100. The Balaban J connectivity index is 2.03. The van der Waals surface area contributed by atoms with Crippen LogP contribution in [0.25, 0.3) is 21.8 Å². The summed E-state index contributed by atoms with van der Waals surface area (Å²) in [5, 5.41) is 10.6. The summed E-state index contributed by atoms with van der Waals surface area (Å²) in [6.07, 6.45) is 0. The fraction of sp³-hybridized carbons (Fsp3) is 0.0476. The van der Waals surface area contributed by atoms with Gasteiger partial charge in [-0.15, -0.1) is 0 Å². The summed E-state index contributed by atoms with van der Waals surface area (Å²) in [4.78, 5) is 11.9. The van der Waals surface area contributed by atoms with Crippen LogP contribution in [0.5, 0.6) is 0 Å². The number of amides is 1. The maximum absolute atomic E-state index is 13.9. The van der Waals surface area contributed by atoms with E-state index >= 15 is 0 Å². The zero-order valence-corrected chi connectivity index (χ0v) is 13.7. The van der Waals surface area contributed by atoms with E-state index in [2.05, 4.69) is 6.07 Å². The first-order valence-corrected chi connectivity index (χ1v) is 8.08. The van der Waals surface area contributed by atoms with Crippen molar-refractivity contribution in [1.82, 2.24) is 4.57 Å². The number of hydrogen-bond acceptors (Lipinski definition) is 2. The average Bonchev–Trinajstić information content (AvgIpc) is 2.95. The number of carbonyl (C=O) groups excluding carboxylic acids is 1. The van der Waals surface area contributed by atoms with Crippen molar-refractivity contribution in [3.05, 3.63) is 83.2 Å². The summed E-state index contributed by atoms with van der Waals surface area (Å²) in [5.41, 5.74) is 8.90. The van der Waals surface area contributed by atoms with Gasteiger partial charge >= 0.3 is 0 Å². The van der Waals surface area contributed by atoms with Crippen LogP contribution in [0.15, 0.2) is 60.7 Å². The molecule has 0 aliphatic heterocycles. The summed E-state index contributed by atoms with van der Waals surface area (Å²) in [5.74, 6) is -0.876. The summed E-state index contributed by atoms with van der Waals surface area (Å²) < 4.78 is 15.9. The van der Waals surface area contributed by atoms with Gasteiger partial charge in [0, 0.05) is 22.9 Å². The molecule has 0 unspecified atom stereocenters. The molecule has 3 aromatic carbocycles. The molecule has 0 radical (unpaired) electrons. The molecule has 1 heterocycles. The average molecular weight is 343 g/mol. The molecule has 0 bridgehead atoms. The highest BCUT2D eigenvalue weighted by molar-refractivity contribution is 6.17. The first-order valence-electron chi connectivity index (χ1n) is 8.08. The fourth-order valence-electron chi connectivity index (χ4n) is 3.41. The molecule has 1 amide bonds. The molecule has 0 fully saturated rings. The molecule has 0 spiro atoms. The van der Waals surface area contributed by atoms with Crippen molar-refractivity contribution in [1.29, 1.82) is 5.26 Å². The highest BCUT2D eigenvalue weighted by Crippen LogP contribution is 2.32. The van der Waals surface area contributed by atoms with Gasteiger partial charge in [0.2, 0.25) is 5.91 Å². The van der Waals surface area contributed by atoms with Gasteiger partial charge in [0.05, 0.1) is 22.7 Å². The number of fused-ring (bicyclic) bond motifs is 3. The highest BCUT2D eigenvalue weighted by atomic mass is 19.1. The third-order valence-corrected chi connectivity index (χ3v) is 4.52. The van der Waals surface area contributed by atoms with Crippen LogP contribution in [0.4, 0.5) is 4.39 Å². The van der Waals surface area contributed by atoms with Crippen LogP contribution < -0.4 is 5.73 Å². The molecule has 0 saturated heterocycles. The molecule has 26 heavy (non-hydrogen) atoms. The summed E-state index contributed by atoms with van der Waals surface area (Å²) in [7, 11) is 0. The van der Waals surface area contributed by atoms with Crippen molar-refractivity contribution in [2.24, 2.45) is 5.73 Å². The largest absolute Gasteiger partial charge is 0.366 e. The van der Waals surface area contributed by atoms with E-state index < -0.39 is 5.91 Å². The summed E-state index contributed by atoms with van der Waals surface area (Å²) in [6.45, 7) is 0.446. The highest BCUT2D eigenvalue weighted by Gasteiger charge is 2.17. The van der Waals surface area contributed by atoms with Crippen LogP contribution in [0.2, 0.25) is 0 Å². The number of halogens is 1. The molecular formula is C21H14FN3O. The Hall–Kier alpha value is -3.65. The van der Waals surface area contributed by atoms with Crippen molar-refractivity contribution < 1.29 is 9.18 Å². The summed E-state index contributed by atoms with van der Waals surface area (Å²) in [6, 6.07) is 19.2. The molecule has 0 aliphatic carbocycles. The van der Waals surface area contributed by atoms with E-state index in [1.54, 1.807) is 30.3 Å². The van der Waals surface area contributed by atoms with Crippen LogP contribution in [-0.2, 0) is 6.54 Å². The standard InChI is InChI=1S/C21H14FN3O/c22-15-7-8-16-19(10-15)25(12-14-4-1-3-13(9-14)11-23)18-6-2-5-17(20(16)18)21(24)26/h1-10H,12H2,(H2,24,26). The molecule has 4 rings (SSSR count). The second kappa shape index (κ2) is 6.01. The van der Waals surface area contributed by atoms with Crippen molar-refractivity contribution in [2.75, 3.05) is 0 Å². The van der Waals surface area contributed by atoms with Crippen LogP contribution in [0, 0.1) is 17.1 Å². The molecule has 4 aromatic rings. The number of nitrogens with two attached hydrogens (primary N) is 1. The Kier molecular flexibility index (Phi) is 3.67. The molecule has 0 aliphatic rings. The zero-order valence-electron chi connectivity index (χ0n) is 13.7. The van der Waals surface area contributed by atoms with Gasteiger partial charge in [-0.05, 0) is 48.0 Å². The van der Waals surface area contributed by atoms with E-state index in [1.165, 1.54) is 12.1 Å². The monoisotopic (exact) mass is 343 g/mol. The van der Waals surface area contributed by atoms with Gasteiger partial charge in [-0.25, -0.2) is 4.39 Å². The molecule has 0 saturated carbocycles. The smallest absolute Gasteiger partial charge is 0.249 e. The van der Waals surface area contributed by atoms with Gasteiger partial charge < -0.3 is 10.3 Å². The van der Waals surface area contributed by atoms with Crippen molar-refractivity contribution in [3.63, 3.8) is 0 Å². The number of primary amides is 1. The molecular weight excluding hydrogens is 329 g/mol. The van der Waals surface area contributed by atoms with Gasteiger partial charge in [-0.1, -0.05) is 18.2 Å². The molecule has 5 heteroatoms. The molecule has 2 N–H and O–H groups in total. The quantitative estimate of drug-likeness (QED) is 0.612. The number of hydrogen-bond donors (Lipinski definition) is 1. The van der Waals surface area contributed by atoms with Crippen molar-refractivity contribution >= 4 is 27.7 Å². The predicted octanol–water partition coefficient (Wildman–Crippen LogP) is 3.95. The van der Waals surface area contributed by atoms with E-state index in [4.69, 9.17) is 11.0 Å². The van der Waals surface area contributed by atoms with E-state index in [0.717, 1.165) is 16.5 Å². The van der Waals surface area contributed by atoms with E-state index in [1.807, 2.05) is 22.8 Å². The maximum Gasteiger partial charge on any atom is 0.249 e. The first kappa shape index (κ1) is 15.9. The van der Waals surface area contributed by atoms with Gasteiger partial charge in [0.25, 0.3) is 0 Å². The van der Waals surface area contributed by atoms with Crippen LogP contribution in [0.3, 0.4) is 0 Å². The van der Waals surface area contributed by atoms with Gasteiger partial charge in [-0.3, -0.25) is 4.79 Å². The number of carbonyl (C=O) groups is 1. The third kappa shape index (κ3) is 2.49. The van der Waals surface area contributed by atoms with Crippen LogP contribution >= 0.6 is 0 Å². The normalized spacial score (nSPS) is 10.9. The number of benzene rings is 3. The van der Waals surface area contributed by atoms with Crippen molar-refractivity contribution in [3.8, 4) is 6.07 Å². The van der Waals surface area contributed by atoms with Crippen LogP contribution in [0.1, 0.15) is 21.5 Å². The Labute approximate surface area is 148 Å².